The topological polar surface area (TPSA) is 67.9 Å². The fraction of sp³-hybridized carbons (Fsp3) is 0.259. The molecule has 6 heteroatoms. The fourth-order valence-electron chi connectivity index (χ4n) is 3.79. The van der Waals surface area contributed by atoms with Gasteiger partial charge in [0.15, 0.2) is 11.5 Å². The van der Waals surface area contributed by atoms with Crippen molar-refractivity contribution in [2.75, 3.05) is 6.79 Å². The monoisotopic (exact) mass is 444 g/mol. The lowest BCUT2D eigenvalue weighted by Crippen LogP contribution is -2.47. The number of carbonyl (C=O) groups excluding carboxylic acids is 2. The largest absolute Gasteiger partial charge is 0.454 e. The van der Waals surface area contributed by atoms with E-state index in [0.29, 0.717) is 37.4 Å². The zero-order valence-corrected chi connectivity index (χ0v) is 18.7. The number of nitrogens with zero attached hydrogens (tertiary/aromatic N) is 1. The maximum atomic E-state index is 13.2. The molecule has 4 rings (SSSR count). The van der Waals surface area contributed by atoms with Crippen molar-refractivity contribution in [1.29, 1.82) is 0 Å². The number of ether oxygens (including phenoxy) is 2. The van der Waals surface area contributed by atoms with Gasteiger partial charge in [-0.05, 0) is 42.2 Å². The molecule has 2 amide bonds. The Morgan fingerprint density at radius 3 is 2.27 bits per heavy atom. The lowest BCUT2D eigenvalue weighted by molar-refractivity contribution is -0.140. The summed E-state index contributed by atoms with van der Waals surface area (Å²) < 4.78 is 10.7. The van der Waals surface area contributed by atoms with Gasteiger partial charge in [-0.15, -0.1) is 0 Å². The standard InChI is InChI=1S/C27H28N2O4/c1-20(27(31)28-17-23-12-14-24-25(16-23)33-19-32-24)29(18-22-10-6-3-7-11-22)26(30)15-13-21-8-4-2-5-9-21/h2-12,14,16,20H,13,15,17-19H2,1H3,(H,28,31). The van der Waals surface area contributed by atoms with Gasteiger partial charge in [-0.25, -0.2) is 0 Å². The van der Waals surface area contributed by atoms with Crippen molar-refractivity contribution in [2.24, 2.45) is 0 Å². The molecule has 1 atom stereocenters. The summed E-state index contributed by atoms with van der Waals surface area (Å²) in [5.41, 5.74) is 3.00. The molecule has 1 unspecified atom stereocenters. The molecule has 0 fully saturated rings. The number of carbonyl (C=O) groups is 2. The van der Waals surface area contributed by atoms with Gasteiger partial charge in [-0.2, -0.15) is 0 Å². The molecule has 1 heterocycles. The lowest BCUT2D eigenvalue weighted by atomic mass is 10.1. The normalized spacial score (nSPS) is 12.8. The number of nitrogens with one attached hydrogen (secondary N) is 1. The van der Waals surface area contributed by atoms with E-state index >= 15 is 0 Å². The first kappa shape index (κ1) is 22.4. The molecule has 0 saturated carbocycles. The van der Waals surface area contributed by atoms with Crippen molar-refractivity contribution in [2.45, 2.75) is 38.9 Å². The number of rotatable bonds is 9. The van der Waals surface area contributed by atoms with Crippen LogP contribution >= 0.6 is 0 Å². The summed E-state index contributed by atoms with van der Waals surface area (Å²) >= 11 is 0. The molecule has 6 nitrogen and oxygen atoms in total. The molecule has 1 N–H and O–H groups in total. The van der Waals surface area contributed by atoms with Crippen molar-refractivity contribution in [3.05, 3.63) is 95.6 Å². The van der Waals surface area contributed by atoms with E-state index in [2.05, 4.69) is 5.32 Å². The van der Waals surface area contributed by atoms with Gasteiger partial charge in [-0.1, -0.05) is 66.7 Å². The van der Waals surface area contributed by atoms with Crippen LogP contribution in [0.5, 0.6) is 11.5 Å². The summed E-state index contributed by atoms with van der Waals surface area (Å²) in [5.74, 6) is 1.14. The highest BCUT2D eigenvalue weighted by molar-refractivity contribution is 5.87. The summed E-state index contributed by atoms with van der Waals surface area (Å²) in [4.78, 5) is 27.8. The first-order valence-electron chi connectivity index (χ1n) is 11.1. The van der Waals surface area contributed by atoms with Crippen molar-refractivity contribution in [3.8, 4) is 11.5 Å². The molecule has 33 heavy (non-hydrogen) atoms. The molecule has 0 bridgehead atoms. The molecule has 3 aromatic carbocycles. The van der Waals surface area contributed by atoms with Gasteiger partial charge < -0.3 is 19.7 Å². The van der Waals surface area contributed by atoms with E-state index in [1.165, 1.54) is 0 Å². The van der Waals surface area contributed by atoms with Crippen LogP contribution in [0.2, 0.25) is 0 Å². The molecule has 0 radical (unpaired) electrons. The van der Waals surface area contributed by atoms with Crippen LogP contribution < -0.4 is 14.8 Å². The molecule has 0 aliphatic carbocycles. The highest BCUT2D eigenvalue weighted by atomic mass is 16.7. The number of benzene rings is 3. The second-order valence-electron chi connectivity index (χ2n) is 8.07. The van der Waals surface area contributed by atoms with Gasteiger partial charge in [0.05, 0.1) is 0 Å². The van der Waals surface area contributed by atoms with E-state index in [0.717, 1.165) is 16.7 Å². The van der Waals surface area contributed by atoms with E-state index in [9.17, 15) is 9.59 Å². The minimum atomic E-state index is -0.609. The number of amides is 2. The first-order valence-corrected chi connectivity index (χ1v) is 11.1. The van der Waals surface area contributed by atoms with Crippen molar-refractivity contribution < 1.29 is 19.1 Å². The maximum Gasteiger partial charge on any atom is 0.242 e. The van der Waals surface area contributed by atoms with Gasteiger partial charge >= 0.3 is 0 Å². The Hall–Kier alpha value is -3.80. The summed E-state index contributed by atoms with van der Waals surface area (Å²) in [6.45, 7) is 2.71. The number of fused-ring (bicyclic) bond motifs is 1. The van der Waals surface area contributed by atoms with Crippen LogP contribution in [0.25, 0.3) is 0 Å². The highest BCUT2D eigenvalue weighted by Gasteiger charge is 2.26. The van der Waals surface area contributed by atoms with Gasteiger partial charge in [0, 0.05) is 19.5 Å². The third-order valence-electron chi connectivity index (χ3n) is 5.74. The second-order valence-corrected chi connectivity index (χ2v) is 8.07. The average molecular weight is 445 g/mol. The Morgan fingerprint density at radius 1 is 0.879 bits per heavy atom. The smallest absolute Gasteiger partial charge is 0.242 e. The summed E-state index contributed by atoms with van der Waals surface area (Å²) in [5, 5.41) is 2.96. The van der Waals surface area contributed by atoms with Crippen LogP contribution in [0.3, 0.4) is 0 Å². The zero-order valence-electron chi connectivity index (χ0n) is 18.7. The SMILES string of the molecule is CC(C(=O)NCc1ccc2c(c1)OCO2)N(Cc1ccccc1)C(=O)CCc1ccccc1. The number of aryl methyl sites for hydroxylation is 1. The Morgan fingerprint density at radius 2 is 1.55 bits per heavy atom. The highest BCUT2D eigenvalue weighted by Crippen LogP contribution is 2.32. The van der Waals surface area contributed by atoms with Crippen LogP contribution in [-0.2, 0) is 29.1 Å². The Labute approximate surface area is 194 Å². The van der Waals surface area contributed by atoms with Crippen LogP contribution in [0, 0.1) is 0 Å². The van der Waals surface area contributed by atoms with Gasteiger partial charge in [-0.3, -0.25) is 9.59 Å². The van der Waals surface area contributed by atoms with Gasteiger partial charge in [0.2, 0.25) is 18.6 Å². The Bertz CT molecular complexity index is 1090. The Balaban J connectivity index is 1.41. The third kappa shape index (κ3) is 5.92. The summed E-state index contributed by atoms with van der Waals surface area (Å²) in [6.07, 6.45) is 0.979. The van der Waals surface area contributed by atoms with E-state index < -0.39 is 6.04 Å². The second kappa shape index (κ2) is 10.7. The molecular formula is C27H28N2O4. The minimum Gasteiger partial charge on any atom is -0.454 e. The minimum absolute atomic E-state index is 0.0477. The molecule has 1 aliphatic heterocycles. The number of hydrogen-bond acceptors (Lipinski definition) is 4. The predicted molar refractivity (Wildman–Crippen MR) is 126 cm³/mol. The molecule has 1 aliphatic rings. The maximum absolute atomic E-state index is 13.2. The van der Waals surface area contributed by atoms with Gasteiger partial charge in [0.1, 0.15) is 6.04 Å². The van der Waals surface area contributed by atoms with E-state index in [1.807, 2.05) is 78.9 Å². The van der Waals surface area contributed by atoms with Crippen LogP contribution in [0.15, 0.2) is 78.9 Å². The van der Waals surface area contributed by atoms with E-state index in [1.54, 1.807) is 11.8 Å². The zero-order chi connectivity index (χ0) is 23.0. The van der Waals surface area contributed by atoms with E-state index in [-0.39, 0.29) is 18.6 Å². The molecule has 0 spiro atoms. The van der Waals surface area contributed by atoms with Crippen LogP contribution in [0.1, 0.15) is 30.0 Å². The van der Waals surface area contributed by atoms with Crippen LogP contribution in [0.4, 0.5) is 0 Å². The fourth-order valence-corrected chi connectivity index (χ4v) is 3.79. The van der Waals surface area contributed by atoms with Gasteiger partial charge in [0.25, 0.3) is 0 Å². The average Bonchev–Trinajstić information content (AvgIpc) is 3.33. The summed E-state index contributed by atoms with van der Waals surface area (Å²) in [6, 6.07) is 24.6. The van der Waals surface area contributed by atoms with Crippen LogP contribution in [-0.4, -0.2) is 29.5 Å². The Kier molecular flexibility index (Phi) is 7.25. The van der Waals surface area contributed by atoms with Crippen molar-refractivity contribution in [3.63, 3.8) is 0 Å². The predicted octanol–water partition coefficient (Wildman–Crippen LogP) is 4.08. The first-order chi connectivity index (χ1) is 16.1. The molecular weight excluding hydrogens is 416 g/mol. The quantitative estimate of drug-likeness (QED) is 0.540. The lowest BCUT2D eigenvalue weighted by Gasteiger charge is -2.29. The molecule has 3 aromatic rings. The third-order valence-corrected chi connectivity index (χ3v) is 5.74. The summed E-state index contributed by atoms with van der Waals surface area (Å²) in [7, 11) is 0. The molecule has 0 aromatic heterocycles. The van der Waals surface area contributed by atoms with Crippen molar-refractivity contribution >= 4 is 11.8 Å². The molecule has 170 valence electrons. The number of hydrogen-bond donors (Lipinski definition) is 1. The molecule has 0 saturated heterocycles. The van der Waals surface area contributed by atoms with Crippen molar-refractivity contribution in [1.82, 2.24) is 10.2 Å². The van der Waals surface area contributed by atoms with E-state index in [4.69, 9.17) is 9.47 Å².